The Morgan fingerprint density at radius 3 is 2.52 bits per heavy atom. The number of aryl methyl sites for hydroxylation is 1. The second-order valence-electron chi connectivity index (χ2n) is 11.2. The van der Waals surface area contributed by atoms with Gasteiger partial charge in [-0.1, -0.05) is 24.3 Å². The number of nitrogens with two attached hydrogens (primary N) is 1. The summed E-state index contributed by atoms with van der Waals surface area (Å²) >= 11 is 0. The van der Waals surface area contributed by atoms with Crippen LogP contribution in [0.15, 0.2) is 67.0 Å². The second kappa shape index (κ2) is 13.2. The standard InChI is InChI=1S/C34H34F2N6O4/c1-44-29-13-9-23(35)16-25(29)28(43)12-6-20-4-7-21(8-5-20)31-30-32(37)38-19-39-33(30)42(40-31)24-10-11-27(26(36)17-24)41-15-14-22(18-41)34(45-2)46-3/h4-5,7-11,13,16-17,19,22,34H,6,12,14-15,18H2,1-3H3,(H2,37,38,39). The monoisotopic (exact) mass is 628 g/mol. The van der Waals surface area contributed by atoms with Gasteiger partial charge in [0.25, 0.3) is 0 Å². The molecule has 10 nitrogen and oxygen atoms in total. The average Bonchev–Trinajstić information content (AvgIpc) is 3.71. The van der Waals surface area contributed by atoms with Crippen molar-refractivity contribution in [2.75, 3.05) is 45.1 Å². The summed E-state index contributed by atoms with van der Waals surface area (Å²) in [6.45, 7) is 1.30. The molecule has 1 saturated heterocycles. The maximum Gasteiger partial charge on any atom is 0.169 e. The lowest BCUT2D eigenvalue weighted by Gasteiger charge is -2.23. The van der Waals surface area contributed by atoms with E-state index in [0.717, 1.165) is 17.5 Å². The molecular formula is C34H34F2N6O4. The third kappa shape index (κ3) is 6.01. The fourth-order valence-corrected chi connectivity index (χ4v) is 6.07. The fraction of sp³-hybridized carbons (Fsp3) is 0.294. The van der Waals surface area contributed by atoms with Gasteiger partial charge in [-0.3, -0.25) is 4.79 Å². The lowest BCUT2D eigenvalue weighted by atomic mass is 10.00. The number of anilines is 2. The summed E-state index contributed by atoms with van der Waals surface area (Å²) in [6, 6.07) is 16.4. The van der Waals surface area contributed by atoms with Gasteiger partial charge in [0.1, 0.15) is 35.2 Å². The van der Waals surface area contributed by atoms with Crippen molar-refractivity contribution >= 4 is 28.3 Å². The lowest BCUT2D eigenvalue weighted by molar-refractivity contribution is -0.132. The van der Waals surface area contributed by atoms with E-state index in [-0.39, 0.29) is 41.6 Å². The molecule has 6 rings (SSSR count). The molecule has 0 radical (unpaired) electrons. The van der Waals surface area contributed by atoms with Crippen molar-refractivity contribution in [1.82, 2.24) is 19.7 Å². The van der Waals surface area contributed by atoms with Crippen molar-refractivity contribution in [2.24, 2.45) is 5.92 Å². The van der Waals surface area contributed by atoms with Gasteiger partial charge in [0.2, 0.25) is 0 Å². The van der Waals surface area contributed by atoms with E-state index in [1.54, 1.807) is 31.0 Å². The number of aromatic nitrogens is 4. The molecule has 3 heterocycles. The van der Waals surface area contributed by atoms with Gasteiger partial charge >= 0.3 is 0 Å². The van der Waals surface area contributed by atoms with Crippen molar-refractivity contribution in [1.29, 1.82) is 0 Å². The number of ketones is 1. The van der Waals surface area contributed by atoms with Crippen LogP contribution in [0.1, 0.15) is 28.8 Å². The number of hydrogen-bond acceptors (Lipinski definition) is 9. The Bertz CT molecular complexity index is 1880. The Labute approximate surface area is 264 Å². The first kappa shape index (κ1) is 31.1. The van der Waals surface area contributed by atoms with E-state index in [0.29, 0.717) is 53.4 Å². The predicted molar refractivity (Wildman–Crippen MR) is 170 cm³/mol. The van der Waals surface area contributed by atoms with Gasteiger partial charge in [-0.05, 0) is 48.7 Å². The summed E-state index contributed by atoms with van der Waals surface area (Å²) in [4.78, 5) is 23.4. The minimum Gasteiger partial charge on any atom is -0.496 e. The number of hydrogen-bond donors (Lipinski definition) is 1. The molecule has 0 aliphatic carbocycles. The molecule has 12 heteroatoms. The van der Waals surface area contributed by atoms with Gasteiger partial charge < -0.3 is 24.8 Å². The third-order valence-corrected chi connectivity index (χ3v) is 8.41. The number of rotatable bonds is 11. The van der Waals surface area contributed by atoms with E-state index in [1.165, 1.54) is 37.7 Å². The molecule has 5 aromatic rings. The van der Waals surface area contributed by atoms with E-state index in [1.807, 2.05) is 29.2 Å². The highest BCUT2D eigenvalue weighted by Gasteiger charge is 2.31. The van der Waals surface area contributed by atoms with Crippen LogP contribution in [0.2, 0.25) is 0 Å². The summed E-state index contributed by atoms with van der Waals surface area (Å²) in [5, 5.41) is 5.35. The smallest absolute Gasteiger partial charge is 0.169 e. The zero-order chi connectivity index (χ0) is 32.4. The van der Waals surface area contributed by atoms with Gasteiger partial charge in [-0.2, -0.15) is 5.10 Å². The number of methoxy groups -OCH3 is 3. The van der Waals surface area contributed by atoms with Crippen LogP contribution in [-0.2, 0) is 15.9 Å². The second-order valence-corrected chi connectivity index (χ2v) is 11.2. The molecule has 46 heavy (non-hydrogen) atoms. The topological polar surface area (TPSA) is 118 Å². The highest BCUT2D eigenvalue weighted by molar-refractivity contribution is 5.99. The van der Waals surface area contributed by atoms with Crippen LogP contribution in [0.3, 0.4) is 0 Å². The van der Waals surface area contributed by atoms with Gasteiger partial charge in [0.15, 0.2) is 17.7 Å². The molecule has 0 spiro atoms. The number of nitrogen functional groups attached to an aromatic ring is 1. The van der Waals surface area contributed by atoms with Gasteiger partial charge in [-0.15, -0.1) is 0 Å². The molecule has 0 amide bonds. The van der Waals surface area contributed by atoms with Gasteiger partial charge in [0.05, 0.1) is 29.4 Å². The molecule has 1 atom stereocenters. The summed E-state index contributed by atoms with van der Waals surface area (Å²) < 4.78 is 47.0. The Hall–Kier alpha value is -4.94. The van der Waals surface area contributed by atoms with E-state index in [9.17, 15) is 9.18 Å². The van der Waals surface area contributed by atoms with Gasteiger partial charge in [-0.25, -0.2) is 23.4 Å². The number of nitrogens with zero attached hydrogens (tertiary/aromatic N) is 5. The van der Waals surface area contributed by atoms with Crippen molar-refractivity contribution < 1.29 is 27.8 Å². The van der Waals surface area contributed by atoms with Crippen molar-refractivity contribution in [3.05, 3.63) is 89.8 Å². The number of halogens is 2. The summed E-state index contributed by atoms with van der Waals surface area (Å²) in [7, 11) is 4.66. The molecule has 238 valence electrons. The lowest BCUT2D eigenvalue weighted by Crippen LogP contribution is -2.28. The number of Topliss-reactive ketones (excluding diaryl/α,β-unsaturated/α-hetero) is 1. The highest BCUT2D eigenvalue weighted by Crippen LogP contribution is 2.34. The Morgan fingerprint density at radius 2 is 1.80 bits per heavy atom. The number of ether oxygens (including phenoxy) is 3. The maximum atomic E-state index is 15.6. The van der Waals surface area contributed by atoms with Crippen LogP contribution in [0.25, 0.3) is 28.0 Å². The van der Waals surface area contributed by atoms with Crippen molar-refractivity contribution in [2.45, 2.75) is 25.6 Å². The number of carbonyl (C=O) groups excluding carboxylic acids is 1. The fourth-order valence-electron chi connectivity index (χ4n) is 6.07. The Kier molecular flexibility index (Phi) is 8.91. The molecule has 1 aliphatic rings. The maximum absolute atomic E-state index is 15.6. The molecular weight excluding hydrogens is 594 g/mol. The first-order valence-electron chi connectivity index (χ1n) is 14.9. The molecule has 3 aromatic carbocycles. The number of carbonyl (C=O) groups is 1. The van der Waals surface area contributed by atoms with E-state index >= 15 is 4.39 Å². The summed E-state index contributed by atoms with van der Waals surface area (Å²) in [6.07, 6.45) is 2.46. The SMILES string of the molecule is COc1ccc(F)cc1C(=O)CCc1ccc(-c2nn(-c3ccc(N4CCC(C(OC)OC)C4)c(F)c3)c3ncnc(N)c23)cc1. The highest BCUT2D eigenvalue weighted by atomic mass is 19.1. The average molecular weight is 629 g/mol. The molecule has 1 aliphatic heterocycles. The third-order valence-electron chi connectivity index (χ3n) is 8.41. The van der Waals surface area contributed by atoms with Crippen molar-refractivity contribution in [3.8, 4) is 22.7 Å². The molecule has 1 fully saturated rings. The van der Waals surface area contributed by atoms with Crippen LogP contribution in [0.5, 0.6) is 5.75 Å². The predicted octanol–water partition coefficient (Wildman–Crippen LogP) is 5.61. The molecule has 1 unspecified atom stereocenters. The molecule has 2 aromatic heterocycles. The quantitative estimate of drug-likeness (QED) is 0.147. The first-order chi connectivity index (χ1) is 22.3. The molecule has 0 bridgehead atoms. The van der Waals surface area contributed by atoms with E-state index in [2.05, 4.69) is 9.97 Å². The molecule has 0 saturated carbocycles. The first-order valence-corrected chi connectivity index (χ1v) is 14.9. The van der Waals surface area contributed by atoms with E-state index < -0.39 is 5.82 Å². The van der Waals surface area contributed by atoms with Crippen LogP contribution in [0, 0.1) is 17.6 Å². The van der Waals surface area contributed by atoms with Crippen LogP contribution in [-0.4, -0.2) is 66.2 Å². The molecule has 2 N–H and O–H groups in total. The Morgan fingerprint density at radius 1 is 1.02 bits per heavy atom. The Balaban J connectivity index is 1.24. The van der Waals surface area contributed by atoms with Crippen molar-refractivity contribution in [3.63, 3.8) is 0 Å². The van der Waals surface area contributed by atoms with Gasteiger partial charge in [0, 0.05) is 51.3 Å². The van der Waals surface area contributed by atoms with Crippen LogP contribution in [0.4, 0.5) is 20.3 Å². The van der Waals surface area contributed by atoms with Crippen LogP contribution < -0.4 is 15.4 Å². The minimum atomic E-state index is -0.495. The normalized spacial score (nSPS) is 14.8. The minimum absolute atomic E-state index is 0.134. The zero-order valence-electron chi connectivity index (χ0n) is 25.7. The summed E-state index contributed by atoms with van der Waals surface area (Å²) in [5.41, 5.74) is 10.1. The number of benzene rings is 3. The zero-order valence-corrected chi connectivity index (χ0v) is 25.7. The van der Waals surface area contributed by atoms with Crippen LogP contribution >= 0.6 is 0 Å². The number of fused-ring (bicyclic) bond motifs is 1. The largest absolute Gasteiger partial charge is 0.496 e. The summed E-state index contributed by atoms with van der Waals surface area (Å²) in [5.74, 6) is -0.374. The van der Waals surface area contributed by atoms with E-state index in [4.69, 9.17) is 25.0 Å².